The van der Waals surface area contributed by atoms with Gasteiger partial charge in [0.2, 0.25) is 0 Å². The Morgan fingerprint density at radius 1 is 1.40 bits per heavy atom. The Hall–Kier alpha value is -0.560. The van der Waals surface area contributed by atoms with Gasteiger partial charge in [-0.3, -0.25) is 9.80 Å². The topological polar surface area (TPSA) is 32.5 Å². The smallest absolute Gasteiger partial charge is 0.128 e. The normalized spacial score (nSPS) is 18.9. The van der Waals surface area contributed by atoms with E-state index >= 15 is 0 Å². The average molecular weight is 360 g/mol. The summed E-state index contributed by atoms with van der Waals surface area (Å²) in [4.78, 5) is 5.07. The van der Waals surface area contributed by atoms with Crippen molar-refractivity contribution in [3.8, 4) is 0 Å². The fraction of sp³-hybridized carbons (Fsp3) is 0.500. The van der Waals surface area contributed by atoms with E-state index in [1.807, 2.05) is 19.1 Å². The lowest BCUT2D eigenvalue weighted by Gasteiger charge is -2.37. The van der Waals surface area contributed by atoms with E-state index < -0.39 is 0 Å². The van der Waals surface area contributed by atoms with Crippen molar-refractivity contribution in [3.63, 3.8) is 0 Å². The molecule has 1 aliphatic rings. The molecule has 1 saturated heterocycles. The summed E-state index contributed by atoms with van der Waals surface area (Å²) in [5.41, 5.74) is 6.42. The van der Waals surface area contributed by atoms with Gasteiger partial charge in [0.05, 0.1) is 11.0 Å². The predicted octanol–water partition coefficient (Wildman–Crippen LogP) is 2.38. The lowest BCUT2D eigenvalue weighted by molar-refractivity contribution is 0.117. The molecule has 1 aromatic carbocycles. The molecular formula is C14H19BrFN3S. The molecule has 2 N–H and O–H groups in total. The summed E-state index contributed by atoms with van der Waals surface area (Å²) < 4.78 is 14.6. The Bertz CT molecular complexity index is 489. The van der Waals surface area contributed by atoms with Gasteiger partial charge >= 0.3 is 0 Å². The minimum absolute atomic E-state index is 0.136. The lowest BCUT2D eigenvalue weighted by atomic mass is 10.1. The molecule has 0 amide bonds. The second-order valence-corrected chi connectivity index (χ2v) is 6.51. The number of halogens is 2. The molecule has 1 atom stereocenters. The summed E-state index contributed by atoms with van der Waals surface area (Å²) in [7, 11) is 0. The van der Waals surface area contributed by atoms with E-state index in [1.165, 1.54) is 6.07 Å². The molecule has 0 aliphatic carbocycles. The SMILES string of the molecule is CC(C(N)=S)N1CCN(Cc2ccc(Br)cc2F)CC1. The van der Waals surface area contributed by atoms with Crippen LogP contribution in [-0.4, -0.2) is 47.0 Å². The van der Waals surface area contributed by atoms with Crippen LogP contribution in [0.15, 0.2) is 22.7 Å². The van der Waals surface area contributed by atoms with E-state index in [0.29, 0.717) is 11.5 Å². The van der Waals surface area contributed by atoms with Gasteiger partial charge in [-0.05, 0) is 19.1 Å². The summed E-state index contributed by atoms with van der Waals surface area (Å²) in [6.07, 6.45) is 0. The molecule has 0 aromatic heterocycles. The fourth-order valence-electron chi connectivity index (χ4n) is 2.38. The van der Waals surface area contributed by atoms with Gasteiger partial charge in [-0.1, -0.05) is 34.2 Å². The van der Waals surface area contributed by atoms with Gasteiger partial charge in [0.15, 0.2) is 0 Å². The van der Waals surface area contributed by atoms with Crippen molar-refractivity contribution in [3.05, 3.63) is 34.1 Å². The maximum absolute atomic E-state index is 13.8. The van der Waals surface area contributed by atoms with Crippen LogP contribution in [0.4, 0.5) is 4.39 Å². The zero-order chi connectivity index (χ0) is 14.7. The van der Waals surface area contributed by atoms with E-state index in [9.17, 15) is 4.39 Å². The van der Waals surface area contributed by atoms with Gasteiger partial charge in [0, 0.05) is 42.8 Å². The van der Waals surface area contributed by atoms with Crippen LogP contribution in [0.5, 0.6) is 0 Å². The standard InChI is InChI=1S/C14H19BrFN3S/c1-10(14(17)20)19-6-4-18(5-7-19)9-11-2-3-12(15)8-13(11)16/h2-3,8,10H,4-7,9H2,1H3,(H2,17,20). The van der Waals surface area contributed by atoms with Crippen LogP contribution < -0.4 is 5.73 Å². The zero-order valence-corrected chi connectivity index (χ0v) is 13.9. The van der Waals surface area contributed by atoms with Crippen LogP contribution in [-0.2, 0) is 6.54 Å². The molecular weight excluding hydrogens is 341 g/mol. The van der Waals surface area contributed by atoms with Crippen LogP contribution >= 0.6 is 28.1 Å². The molecule has 0 spiro atoms. The number of piperazine rings is 1. The molecule has 0 radical (unpaired) electrons. The summed E-state index contributed by atoms with van der Waals surface area (Å²) in [6, 6.07) is 5.37. The van der Waals surface area contributed by atoms with Crippen molar-refractivity contribution in [2.75, 3.05) is 26.2 Å². The molecule has 110 valence electrons. The first-order chi connectivity index (χ1) is 9.47. The van der Waals surface area contributed by atoms with Crippen molar-refractivity contribution < 1.29 is 4.39 Å². The van der Waals surface area contributed by atoms with Crippen LogP contribution in [0.2, 0.25) is 0 Å². The van der Waals surface area contributed by atoms with Crippen molar-refractivity contribution in [1.82, 2.24) is 9.80 Å². The first kappa shape index (κ1) is 15.8. The van der Waals surface area contributed by atoms with Gasteiger partial charge < -0.3 is 5.73 Å². The highest BCUT2D eigenvalue weighted by Gasteiger charge is 2.22. The molecule has 0 bridgehead atoms. The Morgan fingerprint density at radius 2 is 2.05 bits per heavy atom. The molecule has 3 nitrogen and oxygen atoms in total. The van der Waals surface area contributed by atoms with E-state index in [1.54, 1.807) is 0 Å². The van der Waals surface area contributed by atoms with Crippen LogP contribution in [0.3, 0.4) is 0 Å². The van der Waals surface area contributed by atoms with Crippen LogP contribution in [0.25, 0.3) is 0 Å². The molecule has 2 rings (SSSR count). The van der Waals surface area contributed by atoms with Gasteiger partial charge in [-0.15, -0.1) is 0 Å². The molecule has 20 heavy (non-hydrogen) atoms. The molecule has 6 heteroatoms. The number of benzene rings is 1. The predicted molar refractivity (Wildman–Crippen MR) is 87.2 cm³/mol. The maximum atomic E-state index is 13.8. The highest BCUT2D eigenvalue weighted by Crippen LogP contribution is 2.18. The Morgan fingerprint density at radius 3 is 2.60 bits per heavy atom. The van der Waals surface area contributed by atoms with Crippen molar-refractivity contribution in [2.24, 2.45) is 5.73 Å². The van der Waals surface area contributed by atoms with Gasteiger partial charge in [0.1, 0.15) is 5.82 Å². The number of nitrogens with two attached hydrogens (primary N) is 1. The molecule has 0 saturated carbocycles. The summed E-state index contributed by atoms with van der Waals surface area (Å²) in [6.45, 7) is 6.32. The summed E-state index contributed by atoms with van der Waals surface area (Å²) in [5.74, 6) is -0.154. The monoisotopic (exact) mass is 359 g/mol. The number of hydrogen-bond acceptors (Lipinski definition) is 3. The summed E-state index contributed by atoms with van der Waals surface area (Å²) >= 11 is 8.31. The number of hydrogen-bond donors (Lipinski definition) is 1. The third kappa shape index (κ3) is 3.97. The van der Waals surface area contributed by atoms with E-state index in [4.69, 9.17) is 18.0 Å². The highest BCUT2D eigenvalue weighted by atomic mass is 79.9. The quantitative estimate of drug-likeness (QED) is 0.836. The van der Waals surface area contributed by atoms with Crippen LogP contribution in [0, 0.1) is 5.82 Å². The van der Waals surface area contributed by atoms with Gasteiger partial charge in [0.25, 0.3) is 0 Å². The fourth-order valence-corrected chi connectivity index (χ4v) is 2.86. The van der Waals surface area contributed by atoms with E-state index in [0.717, 1.165) is 36.2 Å². The molecule has 1 unspecified atom stereocenters. The third-order valence-electron chi connectivity index (χ3n) is 3.78. The van der Waals surface area contributed by atoms with Gasteiger partial charge in [-0.25, -0.2) is 4.39 Å². The minimum atomic E-state index is -0.154. The largest absolute Gasteiger partial charge is 0.392 e. The lowest BCUT2D eigenvalue weighted by Crippen LogP contribution is -2.52. The van der Waals surface area contributed by atoms with Gasteiger partial charge in [-0.2, -0.15) is 0 Å². The molecule has 1 fully saturated rings. The second-order valence-electron chi connectivity index (χ2n) is 5.13. The van der Waals surface area contributed by atoms with Crippen molar-refractivity contribution in [1.29, 1.82) is 0 Å². The Balaban J connectivity index is 1.90. The minimum Gasteiger partial charge on any atom is -0.392 e. The van der Waals surface area contributed by atoms with Crippen molar-refractivity contribution in [2.45, 2.75) is 19.5 Å². The maximum Gasteiger partial charge on any atom is 0.128 e. The first-order valence-corrected chi connectivity index (χ1v) is 7.87. The number of thiocarbonyl (C=S) groups is 1. The third-order valence-corrected chi connectivity index (χ3v) is 4.61. The number of nitrogens with zero attached hydrogens (tertiary/aromatic N) is 2. The molecule has 1 aliphatic heterocycles. The van der Waals surface area contributed by atoms with Crippen molar-refractivity contribution >= 4 is 33.1 Å². The van der Waals surface area contributed by atoms with E-state index in [-0.39, 0.29) is 11.9 Å². The Kier molecular flexibility index (Phi) is 5.49. The van der Waals surface area contributed by atoms with Crippen LogP contribution in [0.1, 0.15) is 12.5 Å². The molecule has 1 heterocycles. The highest BCUT2D eigenvalue weighted by molar-refractivity contribution is 9.10. The summed E-state index contributed by atoms with van der Waals surface area (Å²) in [5, 5.41) is 0. The zero-order valence-electron chi connectivity index (χ0n) is 11.5. The average Bonchev–Trinajstić information content (AvgIpc) is 2.42. The Labute approximate surface area is 133 Å². The molecule has 1 aromatic rings. The van der Waals surface area contributed by atoms with E-state index in [2.05, 4.69) is 25.7 Å². The first-order valence-electron chi connectivity index (χ1n) is 6.67. The second kappa shape index (κ2) is 6.93. The number of rotatable bonds is 4.